The number of carbonyl (C=O) groups is 2. The van der Waals surface area contributed by atoms with Crippen LogP contribution in [0.4, 0.5) is 13.2 Å². The first kappa shape index (κ1) is 17.2. The summed E-state index contributed by atoms with van der Waals surface area (Å²) in [5, 5.41) is 2.31. The highest BCUT2D eigenvalue weighted by atomic mass is 19.4. The molecule has 0 radical (unpaired) electrons. The first-order valence-electron chi connectivity index (χ1n) is 6.99. The first-order chi connectivity index (χ1) is 10.8. The second-order valence-electron chi connectivity index (χ2n) is 5.05. The van der Waals surface area contributed by atoms with Gasteiger partial charge in [-0.25, -0.2) is 0 Å². The Labute approximate surface area is 130 Å². The fourth-order valence-electron chi connectivity index (χ4n) is 2.21. The third-order valence-electron chi connectivity index (χ3n) is 3.41. The zero-order valence-corrected chi connectivity index (χ0v) is 12.4. The summed E-state index contributed by atoms with van der Waals surface area (Å²) in [4.78, 5) is 29.1. The van der Waals surface area contributed by atoms with E-state index in [0.717, 1.165) is 12.3 Å². The monoisotopic (exact) mass is 331 g/mol. The third kappa shape index (κ3) is 4.19. The number of ether oxygens (including phenoxy) is 1. The van der Waals surface area contributed by atoms with Crippen LogP contribution in [0, 0.1) is 0 Å². The summed E-state index contributed by atoms with van der Waals surface area (Å²) in [5.74, 6) is -1.32. The maximum absolute atomic E-state index is 12.9. The fraction of sp³-hybridized carbons (Fsp3) is 0.500. The average molecular weight is 331 g/mol. The first-order valence-corrected chi connectivity index (χ1v) is 6.99. The number of halogens is 3. The molecule has 0 bridgehead atoms. The van der Waals surface area contributed by atoms with E-state index in [0.29, 0.717) is 32.5 Å². The van der Waals surface area contributed by atoms with E-state index in [1.807, 2.05) is 0 Å². The van der Waals surface area contributed by atoms with E-state index in [9.17, 15) is 22.8 Å². The van der Waals surface area contributed by atoms with Gasteiger partial charge in [0.2, 0.25) is 5.91 Å². The molecule has 6 nitrogen and oxygen atoms in total. The van der Waals surface area contributed by atoms with Crippen LogP contribution in [-0.2, 0) is 15.7 Å². The van der Waals surface area contributed by atoms with Gasteiger partial charge in [0.1, 0.15) is 6.04 Å². The molecule has 0 aromatic carbocycles. The van der Waals surface area contributed by atoms with Gasteiger partial charge in [0.15, 0.2) is 0 Å². The van der Waals surface area contributed by atoms with E-state index in [1.165, 1.54) is 11.8 Å². The molecular formula is C14H16F3N3O3. The summed E-state index contributed by atoms with van der Waals surface area (Å²) in [6, 6.07) is 0.0410. The second kappa shape index (κ2) is 6.95. The number of carbonyl (C=O) groups excluding carboxylic acids is 2. The van der Waals surface area contributed by atoms with Crippen molar-refractivity contribution in [3.63, 3.8) is 0 Å². The lowest BCUT2D eigenvalue weighted by molar-refractivity contribution is -0.138. The average Bonchev–Trinajstić information content (AvgIpc) is 2.54. The number of alkyl halides is 3. The summed E-state index contributed by atoms with van der Waals surface area (Å²) >= 11 is 0. The van der Waals surface area contributed by atoms with E-state index >= 15 is 0 Å². The standard InChI is InChI=1S/C14H16F3N3O3/c1-9(13(22)20-4-6-23-7-5-20)19-12(21)10-2-3-18-8-11(10)14(15,16)17/h2-3,8-9H,4-7H2,1H3,(H,19,21)/t9-/m1/s1. The van der Waals surface area contributed by atoms with Gasteiger partial charge in [-0.3, -0.25) is 14.6 Å². The van der Waals surface area contributed by atoms with Crippen LogP contribution in [0.1, 0.15) is 22.8 Å². The van der Waals surface area contributed by atoms with Crippen molar-refractivity contribution in [1.82, 2.24) is 15.2 Å². The summed E-state index contributed by atoms with van der Waals surface area (Å²) in [5.41, 5.74) is -1.70. The summed E-state index contributed by atoms with van der Waals surface area (Å²) in [7, 11) is 0. The number of hydrogen-bond acceptors (Lipinski definition) is 4. The quantitative estimate of drug-likeness (QED) is 0.900. The number of nitrogens with zero attached hydrogens (tertiary/aromatic N) is 2. The minimum absolute atomic E-state index is 0.357. The van der Waals surface area contributed by atoms with Gasteiger partial charge in [0.05, 0.1) is 24.3 Å². The van der Waals surface area contributed by atoms with Crippen LogP contribution >= 0.6 is 0 Å². The predicted molar refractivity (Wildman–Crippen MR) is 73.6 cm³/mol. The lowest BCUT2D eigenvalue weighted by atomic mass is 10.1. The highest BCUT2D eigenvalue weighted by Crippen LogP contribution is 2.31. The Kier molecular flexibility index (Phi) is 5.19. The highest BCUT2D eigenvalue weighted by Gasteiger charge is 2.36. The molecule has 1 fully saturated rings. The van der Waals surface area contributed by atoms with Crippen molar-refractivity contribution in [1.29, 1.82) is 0 Å². The Morgan fingerprint density at radius 3 is 2.61 bits per heavy atom. The molecule has 1 aliphatic heterocycles. The summed E-state index contributed by atoms with van der Waals surface area (Å²) in [6.45, 7) is 3.01. The van der Waals surface area contributed by atoms with Crippen molar-refractivity contribution in [2.24, 2.45) is 0 Å². The van der Waals surface area contributed by atoms with Crippen LogP contribution < -0.4 is 5.32 Å². The number of amides is 2. The van der Waals surface area contributed by atoms with Crippen LogP contribution in [-0.4, -0.2) is 54.0 Å². The van der Waals surface area contributed by atoms with Crippen molar-refractivity contribution in [2.75, 3.05) is 26.3 Å². The van der Waals surface area contributed by atoms with E-state index in [-0.39, 0.29) is 5.91 Å². The van der Waals surface area contributed by atoms with Gasteiger partial charge in [-0.15, -0.1) is 0 Å². The molecule has 2 amide bonds. The van der Waals surface area contributed by atoms with E-state index in [1.54, 1.807) is 0 Å². The minimum Gasteiger partial charge on any atom is -0.378 e. The van der Waals surface area contributed by atoms with Gasteiger partial charge in [0.25, 0.3) is 5.91 Å². The molecule has 1 aromatic heterocycles. The van der Waals surface area contributed by atoms with Crippen molar-refractivity contribution in [3.8, 4) is 0 Å². The molecule has 1 atom stereocenters. The number of aromatic nitrogens is 1. The van der Waals surface area contributed by atoms with Crippen molar-refractivity contribution in [3.05, 3.63) is 29.6 Å². The Morgan fingerprint density at radius 1 is 1.35 bits per heavy atom. The van der Waals surface area contributed by atoms with Gasteiger partial charge in [-0.05, 0) is 13.0 Å². The lowest BCUT2D eigenvalue weighted by Crippen LogP contribution is -2.50. The van der Waals surface area contributed by atoms with Gasteiger partial charge in [-0.2, -0.15) is 13.2 Å². The SMILES string of the molecule is C[C@@H](NC(=O)c1ccncc1C(F)(F)F)C(=O)N1CCOCC1. The molecule has 1 saturated heterocycles. The fourth-order valence-corrected chi connectivity index (χ4v) is 2.21. The van der Waals surface area contributed by atoms with Crippen molar-refractivity contribution in [2.45, 2.75) is 19.1 Å². The van der Waals surface area contributed by atoms with Gasteiger partial charge in [-0.1, -0.05) is 0 Å². The molecule has 2 heterocycles. The molecule has 9 heteroatoms. The van der Waals surface area contributed by atoms with Gasteiger partial charge >= 0.3 is 6.18 Å². The molecule has 0 aliphatic carbocycles. The smallest absolute Gasteiger partial charge is 0.378 e. The molecule has 0 saturated carbocycles. The number of morpholine rings is 1. The topological polar surface area (TPSA) is 71.5 Å². The molecule has 1 N–H and O–H groups in total. The molecule has 23 heavy (non-hydrogen) atoms. The minimum atomic E-state index is -4.70. The van der Waals surface area contributed by atoms with Crippen LogP contribution in [0.15, 0.2) is 18.5 Å². The lowest BCUT2D eigenvalue weighted by Gasteiger charge is -2.29. The zero-order valence-electron chi connectivity index (χ0n) is 12.4. The van der Waals surface area contributed by atoms with E-state index in [4.69, 9.17) is 4.74 Å². The zero-order chi connectivity index (χ0) is 17.0. The van der Waals surface area contributed by atoms with Crippen LogP contribution in [0.2, 0.25) is 0 Å². The highest BCUT2D eigenvalue weighted by molar-refractivity contribution is 5.98. The Bertz CT molecular complexity index is 586. The molecule has 126 valence electrons. The predicted octanol–water partition coefficient (Wildman–Crippen LogP) is 1.08. The van der Waals surface area contributed by atoms with Crippen LogP contribution in [0.25, 0.3) is 0 Å². The molecular weight excluding hydrogens is 315 g/mol. The second-order valence-corrected chi connectivity index (χ2v) is 5.05. The van der Waals surface area contributed by atoms with Crippen LogP contribution in [0.5, 0.6) is 0 Å². The van der Waals surface area contributed by atoms with Crippen molar-refractivity contribution >= 4 is 11.8 Å². The number of rotatable bonds is 3. The van der Waals surface area contributed by atoms with Crippen LogP contribution in [0.3, 0.4) is 0 Å². The van der Waals surface area contributed by atoms with E-state index < -0.39 is 29.3 Å². The number of hydrogen-bond donors (Lipinski definition) is 1. The maximum atomic E-state index is 12.9. The van der Waals surface area contributed by atoms with Gasteiger partial charge < -0.3 is 15.0 Å². The van der Waals surface area contributed by atoms with Crippen molar-refractivity contribution < 1.29 is 27.5 Å². The Balaban J connectivity index is 2.08. The van der Waals surface area contributed by atoms with Gasteiger partial charge in [0, 0.05) is 25.5 Å². The number of nitrogens with one attached hydrogen (secondary N) is 1. The molecule has 1 aromatic rings. The number of pyridine rings is 1. The molecule has 1 aliphatic rings. The largest absolute Gasteiger partial charge is 0.418 e. The Morgan fingerprint density at radius 2 is 2.00 bits per heavy atom. The summed E-state index contributed by atoms with van der Waals surface area (Å²) < 4.78 is 43.8. The normalized spacial score (nSPS) is 16.8. The Hall–Kier alpha value is -2.16. The third-order valence-corrected chi connectivity index (χ3v) is 3.41. The molecule has 0 spiro atoms. The maximum Gasteiger partial charge on any atom is 0.418 e. The molecule has 2 rings (SSSR count). The molecule has 0 unspecified atom stereocenters. The summed E-state index contributed by atoms with van der Waals surface area (Å²) in [6.07, 6.45) is -3.01. The van der Waals surface area contributed by atoms with E-state index in [2.05, 4.69) is 10.3 Å².